The predicted octanol–water partition coefficient (Wildman–Crippen LogP) is 3.62. The average molecular weight is 380 g/mol. The third-order valence-corrected chi connectivity index (χ3v) is 4.71. The van der Waals surface area contributed by atoms with Crippen molar-refractivity contribution in [2.45, 2.75) is 4.90 Å². The van der Waals surface area contributed by atoms with Crippen molar-refractivity contribution in [1.82, 2.24) is 0 Å². The van der Waals surface area contributed by atoms with E-state index in [0.717, 1.165) is 18.2 Å². The fourth-order valence-corrected chi connectivity index (χ4v) is 3.49. The summed E-state index contributed by atoms with van der Waals surface area (Å²) >= 11 is 8.98. The number of hydrogen-bond donors (Lipinski definition) is 2. The molecule has 2 rings (SSSR count). The molecular formula is C12H9BrClFN2O2S. The van der Waals surface area contributed by atoms with Crippen molar-refractivity contribution < 1.29 is 12.8 Å². The van der Waals surface area contributed by atoms with Crippen LogP contribution in [-0.4, -0.2) is 8.42 Å². The van der Waals surface area contributed by atoms with Gasteiger partial charge in [-0.15, -0.1) is 0 Å². The number of rotatable bonds is 3. The van der Waals surface area contributed by atoms with E-state index < -0.39 is 15.8 Å². The molecule has 0 aliphatic carbocycles. The maximum absolute atomic E-state index is 13.1. The Kier molecular flexibility index (Phi) is 4.22. The summed E-state index contributed by atoms with van der Waals surface area (Å²) in [5, 5.41) is 0.464. The third kappa shape index (κ3) is 3.23. The fourth-order valence-electron chi connectivity index (χ4n) is 1.46. The van der Waals surface area contributed by atoms with Gasteiger partial charge in [0.2, 0.25) is 0 Å². The first kappa shape index (κ1) is 15.1. The molecule has 0 spiro atoms. The standard InChI is InChI=1S/C12H9BrClFN2O2S/c13-9-5-7(14)1-4-12(9)17-20(18,19)8-2-3-10(15)11(16)6-8/h1-6,17H,16H2. The Labute approximate surface area is 128 Å². The molecule has 2 aromatic rings. The molecule has 0 radical (unpaired) electrons. The minimum absolute atomic E-state index is 0.127. The molecule has 106 valence electrons. The van der Waals surface area contributed by atoms with E-state index >= 15 is 0 Å². The van der Waals surface area contributed by atoms with Crippen LogP contribution in [0.1, 0.15) is 0 Å². The van der Waals surface area contributed by atoms with Crippen LogP contribution in [0, 0.1) is 5.82 Å². The van der Waals surface area contributed by atoms with Crippen LogP contribution in [0.4, 0.5) is 15.8 Å². The predicted molar refractivity (Wildman–Crippen MR) is 80.8 cm³/mol. The molecule has 0 fully saturated rings. The van der Waals surface area contributed by atoms with Gasteiger partial charge in [0.15, 0.2) is 0 Å². The summed E-state index contributed by atoms with van der Waals surface area (Å²) in [5.41, 5.74) is 5.45. The highest BCUT2D eigenvalue weighted by Gasteiger charge is 2.17. The van der Waals surface area contributed by atoms with Crippen LogP contribution in [0.5, 0.6) is 0 Å². The van der Waals surface area contributed by atoms with Gasteiger partial charge in [-0.25, -0.2) is 12.8 Å². The third-order valence-electron chi connectivity index (χ3n) is 2.45. The first-order chi connectivity index (χ1) is 9.29. The molecule has 20 heavy (non-hydrogen) atoms. The van der Waals surface area contributed by atoms with E-state index in [2.05, 4.69) is 20.7 Å². The largest absolute Gasteiger partial charge is 0.396 e. The number of nitrogen functional groups attached to an aromatic ring is 1. The SMILES string of the molecule is Nc1cc(S(=O)(=O)Nc2ccc(Cl)cc2Br)ccc1F. The van der Waals surface area contributed by atoms with Crippen molar-refractivity contribution in [3.8, 4) is 0 Å². The lowest BCUT2D eigenvalue weighted by Gasteiger charge is -2.10. The topological polar surface area (TPSA) is 72.2 Å². The lowest BCUT2D eigenvalue weighted by atomic mass is 10.3. The van der Waals surface area contributed by atoms with Crippen LogP contribution in [0.15, 0.2) is 45.8 Å². The van der Waals surface area contributed by atoms with Crippen molar-refractivity contribution in [2.24, 2.45) is 0 Å². The van der Waals surface area contributed by atoms with Gasteiger partial charge in [-0.05, 0) is 52.3 Å². The minimum Gasteiger partial charge on any atom is -0.396 e. The van der Waals surface area contributed by atoms with Gasteiger partial charge in [-0.3, -0.25) is 4.72 Å². The number of benzene rings is 2. The molecule has 0 aliphatic heterocycles. The second kappa shape index (κ2) is 5.59. The van der Waals surface area contributed by atoms with Gasteiger partial charge >= 0.3 is 0 Å². The first-order valence-corrected chi connectivity index (χ1v) is 7.98. The van der Waals surface area contributed by atoms with E-state index in [1.807, 2.05) is 0 Å². The molecule has 0 bridgehead atoms. The molecule has 0 saturated carbocycles. The Morgan fingerprint density at radius 3 is 2.50 bits per heavy atom. The smallest absolute Gasteiger partial charge is 0.262 e. The highest BCUT2D eigenvalue weighted by molar-refractivity contribution is 9.10. The number of nitrogens with two attached hydrogens (primary N) is 1. The second-order valence-electron chi connectivity index (χ2n) is 3.91. The van der Waals surface area contributed by atoms with Gasteiger partial charge in [0.1, 0.15) is 5.82 Å². The highest BCUT2D eigenvalue weighted by atomic mass is 79.9. The van der Waals surface area contributed by atoms with Crippen LogP contribution in [0.2, 0.25) is 5.02 Å². The summed E-state index contributed by atoms with van der Waals surface area (Å²) in [6.45, 7) is 0. The average Bonchev–Trinajstić information content (AvgIpc) is 2.36. The van der Waals surface area contributed by atoms with Crippen molar-refractivity contribution in [3.63, 3.8) is 0 Å². The number of halogens is 3. The van der Waals surface area contributed by atoms with Crippen LogP contribution >= 0.6 is 27.5 Å². The molecule has 0 amide bonds. The van der Waals surface area contributed by atoms with Crippen LogP contribution in [0.25, 0.3) is 0 Å². The highest BCUT2D eigenvalue weighted by Crippen LogP contribution is 2.28. The van der Waals surface area contributed by atoms with Gasteiger partial charge in [0, 0.05) is 9.50 Å². The molecule has 0 aliphatic rings. The quantitative estimate of drug-likeness (QED) is 0.800. The molecule has 0 heterocycles. The Morgan fingerprint density at radius 1 is 1.20 bits per heavy atom. The van der Waals surface area contributed by atoms with Gasteiger partial charge in [0.25, 0.3) is 10.0 Å². The van der Waals surface area contributed by atoms with E-state index in [1.54, 1.807) is 12.1 Å². The van der Waals surface area contributed by atoms with Gasteiger partial charge < -0.3 is 5.73 Å². The van der Waals surface area contributed by atoms with Crippen LogP contribution in [0.3, 0.4) is 0 Å². The monoisotopic (exact) mass is 378 g/mol. The van der Waals surface area contributed by atoms with Crippen LogP contribution in [-0.2, 0) is 10.0 Å². The summed E-state index contributed by atoms with van der Waals surface area (Å²) in [4.78, 5) is -0.127. The van der Waals surface area contributed by atoms with Crippen molar-refractivity contribution in [1.29, 1.82) is 0 Å². The Bertz CT molecular complexity index is 768. The number of nitrogens with one attached hydrogen (secondary N) is 1. The molecule has 4 nitrogen and oxygen atoms in total. The minimum atomic E-state index is -3.86. The molecule has 0 aromatic heterocycles. The summed E-state index contributed by atoms with van der Waals surface area (Å²) in [6, 6.07) is 7.80. The zero-order valence-electron chi connectivity index (χ0n) is 9.90. The number of sulfonamides is 1. The van der Waals surface area contributed by atoms with Crippen molar-refractivity contribution in [2.75, 3.05) is 10.5 Å². The Hall–Kier alpha value is -1.31. The summed E-state index contributed by atoms with van der Waals surface area (Å²) in [7, 11) is -3.86. The zero-order valence-corrected chi connectivity index (χ0v) is 13.1. The van der Waals surface area contributed by atoms with Gasteiger partial charge in [0.05, 0.1) is 16.3 Å². The zero-order chi connectivity index (χ0) is 14.9. The lowest BCUT2D eigenvalue weighted by Crippen LogP contribution is -2.13. The van der Waals surface area contributed by atoms with E-state index in [0.29, 0.717) is 15.2 Å². The van der Waals surface area contributed by atoms with E-state index in [4.69, 9.17) is 17.3 Å². The molecular weight excluding hydrogens is 371 g/mol. The van der Waals surface area contributed by atoms with E-state index in [-0.39, 0.29) is 10.6 Å². The van der Waals surface area contributed by atoms with Crippen molar-refractivity contribution >= 4 is 48.9 Å². The maximum atomic E-state index is 13.1. The Balaban J connectivity index is 2.38. The van der Waals surface area contributed by atoms with E-state index in [9.17, 15) is 12.8 Å². The molecule has 3 N–H and O–H groups in total. The van der Waals surface area contributed by atoms with Crippen molar-refractivity contribution in [3.05, 3.63) is 51.7 Å². The number of hydrogen-bond acceptors (Lipinski definition) is 3. The lowest BCUT2D eigenvalue weighted by molar-refractivity contribution is 0.600. The first-order valence-electron chi connectivity index (χ1n) is 5.32. The Morgan fingerprint density at radius 2 is 1.90 bits per heavy atom. The maximum Gasteiger partial charge on any atom is 0.262 e. The molecule has 0 saturated heterocycles. The molecule has 2 aromatic carbocycles. The van der Waals surface area contributed by atoms with Gasteiger partial charge in [-0.1, -0.05) is 11.6 Å². The summed E-state index contributed by atoms with van der Waals surface area (Å²) < 4.78 is 40.2. The summed E-state index contributed by atoms with van der Waals surface area (Å²) in [5.74, 6) is -0.670. The van der Waals surface area contributed by atoms with E-state index in [1.165, 1.54) is 6.07 Å². The summed E-state index contributed by atoms with van der Waals surface area (Å²) in [6.07, 6.45) is 0. The molecule has 0 atom stereocenters. The second-order valence-corrected chi connectivity index (χ2v) is 6.89. The fraction of sp³-hybridized carbons (Fsp3) is 0. The normalized spacial score (nSPS) is 11.3. The molecule has 8 heteroatoms. The van der Waals surface area contributed by atoms with Crippen LogP contribution < -0.4 is 10.5 Å². The van der Waals surface area contributed by atoms with Gasteiger partial charge in [-0.2, -0.15) is 0 Å². The number of anilines is 2. The molecule has 0 unspecified atom stereocenters.